The van der Waals surface area contributed by atoms with Crippen LogP contribution in [0.2, 0.25) is 0 Å². The number of nitrogens with zero attached hydrogens (tertiary/aromatic N) is 4. The molecule has 0 bridgehead atoms. The number of carbonyl (C=O) groups is 1. The molecule has 0 aliphatic carbocycles. The third kappa shape index (κ3) is 3.27. The number of carbonyl (C=O) groups excluding carboxylic acids is 1. The predicted octanol–water partition coefficient (Wildman–Crippen LogP) is 4.95. The van der Waals surface area contributed by atoms with Gasteiger partial charge in [-0.05, 0) is 47.8 Å². The zero-order valence-corrected chi connectivity index (χ0v) is 16.9. The molecule has 0 unspecified atom stereocenters. The minimum absolute atomic E-state index is 0.132. The fourth-order valence-corrected chi connectivity index (χ4v) is 3.85. The monoisotopic (exact) mass is 415 g/mol. The van der Waals surface area contributed by atoms with Gasteiger partial charge in [0, 0.05) is 12.1 Å². The molecule has 0 spiro atoms. The number of para-hydroxylation sites is 2. The normalized spacial score (nSPS) is 11.1. The Bertz CT molecular complexity index is 1340. The highest BCUT2D eigenvalue weighted by atomic mass is 32.1. The zero-order valence-electron chi connectivity index (χ0n) is 16.1. The van der Waals surface area contributed by atoms with E-state index < -0.39 is 0 Å². The highest BCUT2D eigenvalue weighted by Gasteiger charge is 2.16. The van der Waals surface area contributed by atoms with E-state index >= 15 is 0 Å². The lowest BCUT2D eigenvalue weighted by Gasteiger charge is -2.10. The third-order valence-electron chi connectivity index (χ3n) is 4.65. The molecule has 8 heteroatoms. The van der Waals surface area contributed by atoms with Gasteiger partial charge in [0.05, 0.1) is 15.9 Å². The quantitative estimate of drug-likeness (QED) is 0.439. The molecule has 0 aliphatic heterocycles. The average molecular weight is 415 g/mol. The molecule has 5 aromatic rings. The lowest BCUT2D eigenvalue weighted by molar-refractivity contribution is 0.103. The van der Waals surface area contributed by atoms with Gasteiger partial charge >= 0.3 is 0 Å². The van der Waals surface area contributed by atoms with Crippen LogP contribution in [-0.4, -0.2) is 25.5 Å². The van der Waals surface area contributed by atoms with Crippen LogP contribution >= 0.6 is 11.3 Å². The van der Waals surface area contributed by atoms with Crippen LogP contribution in [0, 0.1) is 0 Å². The van der Waals surface area contributed by atoms with Gasteiger partial charge in [0.15, 0.2) is 0 Å². The van der Waals surface area contributed by atoms with E-state index in [1.54, 1.807) is 30.3 Å². The van der Waals surface area contributed by atoms with Crippen LogP contribution in [0.25, 0.3) is 16.7 Å². The summed E-state index contributed by atoms with van der Waals surface area (Å²) in [4.78, 5) is 17.5. The Morgan fingerprint density at radius 3 is 2.67 bits per heavy atom. The molecule has 0 fully saturated rings. The standard InChI is InChI=1S/C22H17N5O2S/c1-2-19-25-26-20-22(24-16-6-3-4-7-17(16)27(19)20)29-15-11-9-14(10-12-15)23-21(28)18-8-5-13-30-18/h3-13H,2H2,1H3,(H,23,28). The molecule has 5 rings (SSSR count). The van der Waals surface area contributed by atoms with Crippen molar-refractivity contribution in [1.82, 2.24) is 19.6 Å². The van der Waals surface area contributed by atoms with E-state index in [0.717, 1.165) is 23.3 Å². The molecule has 0 atom stereocenters. The second-order valence-corrected chi connectivity index (χ2v) is 7.54. The number of benzene rings is 2. The minimum Gasteiger partial charge on any atom is -0.436 e. The largest absolute Gasteiger partial charge is 0.436 e. The van der Waals surface area contributed by atoms with E-state index in [4.69, 9.17) is 4.74 Å². The van der Waals surface area contributed by atoms with E-state index in [-0.39, 0.29) is 5.91 Å². The number of ether oxygens (including phenoxy) is 1. The summed E-state index contributed by atoms with van der Waals surface area (Å²) in [5.74, 6) is 1.69. The zero-order chi connectivity index (χ0) is 20.5. The van der Waals surface area contributed by atoms with Gasteiger partial charge in [-0.25, -0.2) is 4.98 Å². The molecule has 0 aliphatic rings. The maximum absolute atomic E-state index is 12.2. The first-order valence-electron chi connectivity index (χ1n) is 9.48. The molecule has 1 amide bonds. The van der Waals surface area contributed by atoms with Crippen LogP contribution in [0.5, 0.6) is 11.6 Å². The molecule has 30 heavy (non-hydrogen) atoms. The first-order chi connectivity index (χ1) is 14.7. The highest BCUT2D eigenvalue weighted by Crippen LogP contribution is 2.28. The lowest BCUT2D eigenvalue weighted by Crippen LogP contribution is -2.09. The Morgan fingerprint density at radius 2 is 1.90 bits per heavy atom. The number of fused-ring (bicyclic) bond motifs is 3. The van der Waals surface area contributed by atoms with Crippen molar-refractivity contribution in [2.75, 3.05) is 5.32 Å². The molecule has 2 aromatic carbocycles. The summed E-state index contributed by atoms with van der Waals surface area (Å²) in [7, 11) is 0. The lowest BCUT2D eigenvalue weighted by atomic mass is 10.3. The first-order valence-corrected chi connectivity index (χ1v) is 10.4. The van der Waals surface area contributed by atoms with E-state index in [0.29, 0.717) is 27.8 Å². The van der Waals surface area contributed by atoms with Crippen molar-refractivity contribution in [3.63, 3.8) is 0 Å². The van der Waals surface area contributed by atoms with E-state index in [2.05, 4.69) is 20.5 Å². The average Bonchev–Trinajstić information content (AvgIpc) is 3.45. The number of thiophene rings is 1. The first kappa shape index (κ1) is 18.3. The summed E-state index contributed by atoms with van der Waals surface area (Å²) < 4.78 is 8.02. The topological polar surface area (TPSA) is 81.4 Å². The highest BCUT2D eigenvalue weighted by molar-refractivity contribution is 7.12. The molecule has 7 nitrogen and oxygen atoms in total. The van der Waals surface area contributed by atoms with Crippen molar-refractivity contribution < 1.29 is 9.53 Å². The maximum Gasteiger partial charge on any atom is 0.266 e. The van der Waals surface area contributed by atoms with Crippen LogP contribution < -0.4 is 10.1 Å². The molecular weight excluding hydrogens is 398 g/mol. The van der Waals surface area contributed by atoms with E-state index in [1.807, 2.05) is 47.0 Å². The number of amides is 1. The minimum atomic E-state index is -0.132. The number of hydrogen-bond acceptors (Lipinski definition) is 6. The van der Waals surface area contributed by atoms with Crippen molar-refractivity contribution in [2.24, 2.45) is 0 Å². The van der Waals surface area contributed by atoms with Crippen LogP contribution in [0.3, 0.4) is 0 Å². The van der Waals surface area contributed by atoms with Crippen molar-refractivity contribution in [3.05, 3.63) is 76.7 Å². The third-order valence-corrected chi connectivity index (χ3v) is 5.52. The SMILES string of the molecule is CCc1nnc2c(Oc3ccc(NC(=O)c4cccs4)cc3)nc3ccccc3n12. The molecular formula is C22H17N5O2S. The number of aryl methyl sites for hydroxylation is 1. The smallest absolute Gasteiger partial charge is 0.266 e. The summed E-state index contributed by atoms with van der Waals surface area (Å²) in [5, 5.41) is 13.3. The van der Waals surface area contributed by atoms with E-state index in [9.17, 15) is 4.79 Å². The van der Waals surface area contributed by atoms with Gasteiger partial charge in [-0.2, -0.15) is 0 Å². The summed E-state index contributed by atoms with van der Waals surface area (Å²) in [6.07, 6.45) is 0.743. The van der Waals surface area contributed by atoms with Gasteiger partial charge in [0.25, 0.3) is 11.8 Å². The predicted molar refractivity (Wildman–Crippen MR) is 116 cm³/mol. The van der Waals surface area contributed by atoms with Gasteiger partial charge in [0.2, 0.25) is 5.65 Å². The molecule has 0 radical (unpaired) electrons. The van der Waals surface area contributed by atoms with Crippen LogP contribution in [0.4, 0.5) is 5.69 Å². The Labute approximate surface area is 176 Å². The van der Waals surface area contributed by atoms with Gasteiger partial charge in [-0.3, -0.25) is 9.20 Å². The van der Waals surface area contributed by atoms with E-state index in [1.165, 1.54) is 11.3 Å². The fraction of sp³-hybridized carbons (Fsp3) is 0.0909. The Kier molecular flexibility index (Phi) is 4.61. The fourth-order valence-electron chi connectivity index (χ4n) is 3.23. The van der Waals surface area contributed by atoms with Gasteiger partial charge in [0.1, 0.15) is 11.6 Å². The van der Waals surface area contributed by atoms with Crippen molar-refractivity contribution >= 4 is 39.6 Å². The molecule has 3 aromatic heterocycles. The number of anilines is 1. The summed E-state index contributed by atoms with van der Waals surface area (Å²) in [5.41, 5.74) is 3.00. The molecule has 1 N–H and O–H groups in total. The van der Waals surface area contributed by atoms with Crippen LogP contribution in [0.1, 0.15) is 22.4 Å². The second-order valence-electron chi connectivity index (χ2n) is 6.59. The number of rotatable bonds is 5. The molecule has 3 heterocycles. The van der Waals surface area contributed by atoms with Gasteiger partial charge in [-0.1, -0.05) is 25.1 Å². The van der Waals surface area contributed by atoms with Crippen molar-refractivity contribution in [1.29, 1.82) is 0 Å². The number of hydrogen-bond donors (Lipinski definition) is 1. The van der Waals surface area contributed by atoms with Crippen LogP contribution in [0.15, 0.2) is 66.0 Å². The number of aromatic nitrogens is 4. The maximum atomic E-state index is 12.2. The van der Waals surface area contributed by atoms with Crippen molar-refractivity contribution in [2.45, 2.75) is 13.3 Å². The second kappa shape index (κ2) is 7.57. The Hall–Kier alpha value is -3.78. The summed E-state index contributed by atoms with van der Waals surface area (Å²) in [6, 6.07) is 18.6. The summed E-state index contributed by atoms with van der Waals surface area (Å²) in [6.45, 7) is 2.04. The van der Waals surface area contributed by atoms with Crippen LogP contribution in [-0.2, 0) is 6.42 Å². The molecule has 0 saturated heterocycles. The van der Waals surface area contributed by atoms with Gasteiger partial charge < -0.3 is 10.1 Å². The summed E-state index contributed by atoms with van der Waals surface area (Å²) >= 11 is 1.40. The molecule has 0 saturated carbocycles. The Balaban J connectivity index is 1.45. The molecule has 148 valence electrons. The Morgan fingerprint density at radius 1 is 1.07 bits per heavy atom. The van der Waals surface area contributed by atoms with Crippen molar-refractivity contribution in [3.8, 4) is 11.6 Å². The van der Waals surface area contributed by atoms with Gasteiger partial charge in [-0.15, -0.1) is 21.5 Å². The number of nitrogens with one attached hydrogen (secondary N) is 1.